The van der Waals surface area contributed by atoms with Crippen LogP contribution in [0.2, 0.25) is 0 Å². The first-order chi connectivity index (χ1) is 8.06. The van der Waals surface area contributed by atoms with Crippen LogP contribution >= 0.6 is 0 Å². The van der Waals surface area contributed by atoms with Crippen molar-refractivity contribution in [3.8, 4) is 11.1 Å². The third-order valence-corrected chi connectivity index (χ3v) is 2.75. The standard InChI is InChI=1S/C16H20N/c1-17(2,3)13-15-11-7-8-12-16(15)14-9-5-4-6-10-14/h4-12H,13H2,1-3H3/q+1. The van der Waals surface area contributed by atoms with Gasteiger partial charge in [-0.05, 0) is 11.1 Å². The van der Waals surface area contributed by atoms with Gasteiger partial charge in [-0.2, -0.15) is 0 Å². The van der Waals surface area contributed by atoms with Crippen molar-refractivity contribution in [2.75, 3.05) is 21.1 Å². The van der Waals surface area contributed by atoms with Crippen LogP contribution in [0.25, 0.3) is 11.1 Å². The molecule has 0 aliphatic heterocycles. The van der Waals surface area contributed by atoms with Crippen LogP contribution in [0, 0.1) is 0 Å². The Morgan fingerprint density at radius 2 is 1.35 bits per heavy atom. The van der Waals surface area contributed by atoms with Crippen LogP contribution in [0.5, 0.6) is 0 Å². The Labute approximate surface area is 104 Å². The predicted octanol–water partition coefficient (Wildman–Crippen LogP) is 3.56. The molecule has 2 aromatic rings. The molecule has 0 aromatic heterocycles. The Kier molecular flexibility index (Phi) is 3.30. The number of hydrogen-bond acceptors (Lipinski definition) is 0. The molecule has 0 spiro atoms. The van der Waals surface area contributed by atoms with E-state index in [-0.39, 0.29) is 0 Å². The van der Waals surface area contributed by atoms with Gasteiger partial charge < -0.3 is 4.48 Å². The van der Waals surface area contributed by atoms with Crippen LogP contribution in [0.1, 0.15) is 5.56 Å². The summed E-state index contributed by atoms with van der Waals surface area (Å²) in [5, 5.41) is 0. The minimum absolute atomic E-state index is 0.948. The summed E-state index contributed by atoms with van der Waals surface area (Å²) in [6, 6.07) is 19.3. The first-order valence-electron chi connectivity index (χ1n) is 6.00. The average molecular weight is 226 g/mol. The zero-order valence-electron chi connectivity index (χ0n) is 10.9. The number of quaternary nitrogens is 1. The van der Waals surface area contributed by atoms with Gasteiger partial charge in [0.15, 0.2) is 0 Å². The number of nitrogens with zero attached hydrogens (tertiary/aromatic N) is 1. The molecule has 0 unspecified atom stereocenters. The topological polar surface area (TPSA) is 0 Å². The van der Waals surface area contributed by atoms with Crippen LogP contribution in [-0.4, -0.2) is 25.6 Å². The maximum absolute atomic E-state index is 2.23. The molecule has 0 atom stereocenters. The average Bonchev–Trinajstić information content (AvgIpc) is 2.29. The molecule has 17 heavy (non-hydrogen) atoms. The van der Waals surface area contributed by atoms with Crippen LogP contribution in [-0.2, 0) is 6.54 Å². The van der Waals surface area contributed by atoms with E-state index in [1.165, 1.54) is 16.7 Å². The maximum atomic E-state index is 2.23. The number of rotatable bonds is 3. The Hall–Kier alpha value is -1.60. The van der Waals surface area contributed by atoms with Crippen molar-refractivity contribution in [3.63, 3.8) is 0 Å². The highest BCUT2D eigenvalue weighted by atomic mass is 15.3. The van der Waals surface area contributed by atoms with E-state index >= 15 is 0 Å². The molecular formula is C16H20N+. The lowest BCUT2D eigenvalue weighted by molar-refractivity contribution is -0.883. The molecule has 0 saturated heterocycles. The fraction of sp³-hybridized carbons (Fsp3) is 0.250. The molecule has 1 nitrogen and oxygen atoms in total. The molecular weight excluding hydrogens is 206 g/mol. The van der Waals surface area contributed by atoms with Gasteiger partial charge in [0.1, 0.15) is 6.54 Å². The molecule has 0 aliphatic carbocycles. The summed E-state index contributed by atoms with van der Waals surface area (Å²) in [4.78, 5) is 0. The molecule has 0 bridgehead atoms. The SMILES string of the molecule is C[N+](C)(C)Cc1ccccc1-c1ccccc1. The molecule has 0 aliphatic rings. The third-order valence-electron chi connectivity index (χ3n) is 2.75. The smallest absolute Gasteiger partial charge is 0.104 e. The van der Waals surface area contributed by atoms with Crippen molar-refractivity contribution in [1.29, 1.82) is 0 Å². The minimum Gasteiger partial charge on any atom is -0.327 e. The normalized spacial score (nSPS) is 11.5. The fourth-order valence-corrected chi connectivity index (χ4v) is 2.07. The second-order valence-electron chi connectivity index (χ2n) is 5.47. The van der Waals surface area contributed by atoms with Crippen molar-refractivity contribution in [2.24, 2.45) is 0 Å². The number of hydrogen-bond donors (Lipinski definition) is 0. The predicted molar refractivity (Wildman–Crippen MR) is 73.6 cm³/mol. The van der Waals surface area contributed by atoms with Gasteiger partial charge in [-0.1, -0.05) is 54.6 Å². The highest BCUT2D eigenvalue weighted by Crippen LogP contribution is 2.24. The fourth-order valence-electron chi connectivity index (χ4n) is 2.07. The van der Waals surface area contributed by atoms with Gasteiger partial charge in [0.05, 0.1) is 21.1 Å². The van der Waals surface area contributed by atoms with Crippen molar-refractivity contribution in [3.05, 3.63) is 60.2 Å². The van der Waals surface area contributed by atoms with Crippen molar-refractivity contribution in [2.45, 2.75) is 6.54 Å². The minimum atomic E-state index is 0.948. The van der Waals surface area contributed by atoms with E-state index in [1.54, 1.807) is 0 Å². The summed E-state index contributed by atoms with van der Waals surface area (Å²) in [5.41, 5.74) is 4.06. The van der Waals surface area contributed by atoms with E-state index in [9.17, 15) is 0 Å². The quantitative estimate of drug-likeness (QED) is 0.702. The van der Waals surface area contributed by atoms with Gasteiger partial charge in [0, 0.05) is 5.56 Å². The summed E-state index contributed by atoms with van der Waals surface area (Å²) >= 11 is 0. The largest absolute Gasteiger partial charge is 0.327 e. The van der Waals surface area contributed by atoms with Crippen LogP contribution in [0.15, 0.2) is 54.6 Å². The zero-order valence-corrected chi connectivity index (χ0v) is 10.9. The molecule has 0 N–H and O–H groups in total. The highest BCUT2D eigenvalue weighted by Gasteiger charge is 2.12. The van der Waals surface area contributed by atoms with Gasteiger partial charge in [-0.25, -0.2) is 0 Å². The summed E-state index contributed by atoms with van der Waals surface area (Å²) < 4.78 is 0.948. The third kappa shape index (κ3) is 3.18. The van der Waals surface area contributed by atoms with E-state index in [1.807, 2.05) is 0 Å². The van der Waals surface area contributed by atoms with Crippen molar-refractivity contribution >= 4 is 0 Å². The lowest BCUT2D eigenvalue weighted by Gasteiger charge is -2.25. The lowest BCUT2D eigenvalue weighted by Crippen LogP contribution is -2.33. The van der Waals surface area contributed by atoms with E-state index in [0.717, 1.165) is 11.0 Å². The molecule has 0 heterocycles. The molecule has 0 amide bonds. The molecule has 2 aromatic carbocycles. The van der Waals surface area contributed by atoms with E-state index in [2.05, 4.69) is 75.7 Å². The van der Waals surface area contributed by atoms with Crippen LogP contribution in [0.4, 0.5) is 0 Å². The van der Waals surface area contributed by atoms with E-state index < -0.39 is 0 Å². The van der Waals surface area contributed by atoms with Crippen molar-refractivity contribution < 1.29 is 4.48 Å². The first kappa shape index (κ1) is 11.9. The van der Waals surface area contributed by atoms with E-state index in [0.29, 0.717) is 0 Å². The van der Waals surface area contributed by atoms with Crippen LogP contribution < -0.4 is 0 Å². The Morgan fingerprint density at radius 1 is 0.765 bits per heavy atom. The van der Waals surface area contributed by atoms with Gasteiger partial charge in [-0.3, -0.25) is 0 Å². The summed E-state index contributed by atoms with van der Waals surface area (Å²) in [6.07, 6.45) is 0. The first-order valence-corrected chi connectivity index (χ1v) is 6.00. The molecule has 88 valence electrons. The maximum Gasteiger partial charge on any atom is 0.104 e. The van der Waals surface area contributed by atoms with Gasteiger partial charge in [0.2, 0.25) is 0 Å². The second kappa shape index (κ2) is 4.72. The highest BCUT2D eigenvalue weighted by molar-refractivity contribution is 5.66. The van der Waals surface area contributed by atoms with Crippen molar-refractivity contribution in [1.82, 2.24) is 0 Å². The lowest BCUT2D eigenvalue weighted by atomic mass is 9.99. The molecule has 2 rings (SSSR count). The Bertz CT molecular complexity index is 480. The summed E-state index contributed by atoms with van der Waals surface area (Å²) in [7, 11) is 6.67. The molecule has 1 heteroatoms. The molecule has 0 fully saturated rings. The van der Waals surface area contributed by atoms with Crippen LogP contribution in [0.3, 0.4) is 0 Å². The molecule has 0 saturated carbocycles. The Balaban J connectivity index is 2.41. The summed E-state index contributed by atoms with van der Waals surface area (Å²) in [6.45, 7) is 1.05. The Morgan fingerprint density at radius 3 is 2.00 bits per heavy atom. The number of benzene rings is 2. The van der Waals surface area contributed by atoms with Gasteiger partial charge in [-0.15, -0.1) is 0 Å². The van der Waals surface area contributed by atoms with E-state index in [4.69, 9.17) is 0 Å². The molecule has 0 radical (unpaired) electrons. The second-order valence-corrected chi connectivity index (χ2v) is 5.47. The monoisotopic (exact) mass is 226 g/mol. The van der Waals surface area contributed by atoms with Gasteiger partial charge >= 0.3 is 0 Å². The zero-order chi connectivity index (χ0) is 12.3. The summed E-state index contributed by atoms with van der Waals surface area (Å²) in [5.74, 6) is 0. The van der Waals surface area contributed by atoms with Gasteiger partial charge in [0.25, 0.3) is 0 Å².